The van der Waals surface area contributed by atoms with Crippen molar-refractivity contribution in [3.63, 3.8) is 0 Å². The first-order valence-corrected chi connectivity index (χ1v) is 4.39. The molecule has 0 radical (unpaired) electrons. The van der Waals surface area contributed by atoms with E-state index in [-0.39, 0.29) is 0 Å². The van der Waals surface area contributed by atoms with Gasteiger partial charge >= 0.3 is 9.17 Å². The summed E-state index contributed by atoms with van der Waals surface area (Å²) >= 11 is 0. The molecule has 0 saturated heterocycles. The van der Waals surface area contributed by atoms with E-state index in [4.69, 9.17) is 4.80 Å². The van der Waals surface area contributed by atoms with Crippen LogP contribution in [-0.4, -0.2) is 20.6 Å². The van der Waals surface area contributed by atoms with Crippen LogP contribution < -0.4 is 0 Å². The van der Waals surface area contributed by atoms with Crippen LogP contribution in [0, 0.1) is 0 Å². The molecule has 0 aliphatic carbocycles. The molecule has 0 atom stereocenters. The quantitative estimate of drug-likeness (QED) is 0.459. The fourth-order valence-electron chi connectivity index (χ4n) is 0.512. The molecule has 0 bridgehead atoms. The molecule has 0 rings (SSSR count). The third kappa shape index (κ3) is 7.62. The van der Waals surface area contributed by atoms with E-state index in [0.29, 0.717) is 6.61 Å². The van der Waals surface area contributed by atoms with Crippen LogP contribution in [-0.2, 0) is 8.89 Å². The first-order chi connectivity index (χ1) is 4.27. The lowest BCUT2D eigenvalue weighted by atomic mass is 10.3. The molecule has 0 unspecified atom stereocenters. The summed E-state index contributed by atoms with van der Waals surface area (Å²) in [5, 5.41) is 0. The van der Waals surface area contributed by atoms with Crippen LogP contribution in [0.2, 0.25) is 0 Å². The van der Waals surface area contributed by atoms with E-state index < -0.39 is 9.17 Å². The van der Waals surface area contributed by atoms with Gasteiger partial charge in [-0.25, -0.2) is 0 Å². The average Bonchev–Trinajstić information content (AvgIpc) is 1.80. The predicted octanol–water partition coefficient (Wildman–Crippen LogP) is 0.601. The molecule has 0 spiro atoms. The molecule has 0 aromatic rings. The Morgan fingerprint density at radius 3 is 2.67 bits per heavy atom. The fraction of sp³-hybridized carbons (Fsp3) is 1.00. The highest BCUT2D eigenvalue weighted by atomic mass is 28.3. The average molecular weight is 148 g/mol. The number of unbranched alkanes of at least 4 members (excludes halogenated alkanes) is 2. The summed E-state index contributed by atoms with van der Waals surface area (Å²) in [6, 6.07) is 0. The normalized spacial score (nSPS) is 9.00. The van der Waals surface area contributed by atoms with Crippen molar-refractivity contribution in [3.8, 4) is 0 Å². The minimum absolute atomic E-state index is 0.419. The molecular weight excluding hydrogens is 136 g/mol. The van der Waals surface area contributed by atoms with Crippen LogP contribution in [0.1, 0.15) is 26.2 Å². The largest absolute Gasteiger partial charge is 0.764 e. The smallest absolute Gasteiger partial charge is 0.511 e. The van der Waals surface area contributed by atoms with Gasteiger partial charge < -0.3 is 9.22 Å². The molecule has 9 heavy (non-hydrogen) atoms. The van der Waals surface area contributed by atoms with E-state index >= 15 is 0 Å². The van der Waals surface area contributed by atoms with Gasteiger partial charge in [0, 0.05) is 0 Å². The number of rotatable bonds is 5. The van der Waals surface area contributed by atoms with Gasteiger partial charge in [-0.2, -0.15) is 0 Å². The molecule has 54 valence electrons. The van der Waals surface area contributed by atoms with Gasteiger partial charge in [-0.3, -0.25) is 4.46 Å². The summed E-state index contributed by atoms with van der Waals surface area (Å²) in [6.07, 6.45) is 3.05. The SMILES string of the molecule is CCCCCO[Si](=O)O. The monoisotopic (exact) mass is 148 g/mol. The first kappa shape index (κ1) is 8.62. The molecule has 4 heteroatoms. The van der Waals surface area contributed by atoms with Crippen LogP contribution in [0.5, 0.6) is 0 Å². The van der Waals surface area contributed by atoms with Gasteiger partial charge in [-0.05, 0) is 6.42 Å². The zero-order chi connectivity index (χ0) is 7.11. The predicted molar refractivity (Wildman–Crippen MR) is 34.1 cm³/mol. The van der Waals surface area contributed by atoms with Crippen molar-refractivity contribution in [1.82, 2.24) is 0 Å². The maximum Gasteiger partial charge on any atom is 0.764 e. The standard InChI is InChI=1S/C5H12O3Si/c1-2-3-4-5-8-9(6)7/h6H,2-5H2,1H3. The molecule has 0 heterocycles. The number of hydrogen-bond donors (Lipinski definition) is 1. The molecule has 0 saturated carbocycles. The van der Waals surface area contributed by atoms with Crippen molar-refractivity contribution in [2.24, 2.45) is 0 Å². The Kier molecular flexibility index (Phi) is 5.50. The van der Waals surface area contributed by atoms with Gasteiger partial charge in [0.15, 0.2) is 0 Å². The Hall–Kier alpha value is -0.383. The minimum Gasteiger partial charge on any atom is -0.511 e. The fourth-order valence-corrected chi connectivity index (χ4v) is 0.830. The first-order valence-electron chi connectivity index (χ1n) is 3.13. The lowest BCUT2D eigenvalue weighted by molar-refractivity contribution is 0.219. The van der Waals surface area contributed by atoms with Gasteiger partial charge in [-0.15, -0.1) is 0 Å². The van der Waals surface area contributed by atoms with Crippen molar-refractivity contribution >= 4 is 9.17 Å². The molecule has 0 aromatic carbocycles. The van der Waals surface area contributed by atoms with Crippen molar-refractivity contribution in [1.29, 1.82) is 0 Å². The summed E-state index contributed by atoms with van der Waals surface area (Å²) < 4.78 is 14.4. The Morgan fingerprint density at radius 1 is 1.56 bits per heavy atom. The lowest BCUT2D eigenvalue weighted by Crippen LogP contribution is -2.06. The van der Waals surface area contributed by atoms with Gasteiger partial charge in [0.05, 0.1) is 6.61 Å². The second kappa shape index (κ2) is 5.75. The zero-order valence-corrected chi connectivity index (χ0v) is 6.59. The van der Waals surface area contributed by atoms with Crippen molar-refractivity contribution in [2.45, 2.75) is 26.2 Å². The van der Waals surface area contributed by atoms with E-state index in [1.165, 1.54) is 0 Å². The van der Waals surface area contributed by atoms with E-state index in [1.54, 1.807) is 0 Å². The van der Waals surface area contributed by atoms with Crippen LogP contribution in [0.25, 0.3) is 0 Å². The highest BCUT2D eigenvalue weighted by Crippen LogP contribution is 1.92. The maximum atomic E-state index is 9.93. The topological polar surface area (TPSA) is 46.5 Å². The van der Waals surface area contributed by atoms with Crippen LogP contribution >= 0.6 is 0 Å². The van der Waals surface area contributed by atoms with Gasteiger partial charge in [0.25, 0.3) is 0 Å². The van der Waals surface area contributed by atoms with Gasteiger partial charge in [-0.1, -0.05) is 19.8 Å². The van der Waals surface area contributed by atoms with Gasteiger partial charge in [0.1, 0.15) is 0 Å². The highest BCUT2D eigenvalue weighted by Gasteiger charge is 2.00. The summed E-state index contributed by atoms with van der Waals surface area (Å²) in [7, 11) is -2.67. The molecule has 0 aliphatic rings. The Labute approximate surface area is 56.6 Å². The molecular formula is C5H12O3Si. The molecule has 0 amide bonds. The van der Waals surface area contributed by atoms with Crippen molar-refractivity contribution in [3.05, 3.63) is 0 Å². The van der Waals surface area contributed by atoms with E-state index in [2.05, 4.69) is 11.3 Å². The second-order valence-electron chi connectivity index (χ2n) is 1.82. The van der Waals surface area contributed by atoms with Crippen molar-refractivity contribution in [2.75, 3.05) is 6.61 Å². The highest BCUT2D eigenvalue weighted by molar-refractivity contribution is 6.24. The van der Waals surface area contributed by atoms with Gasteiger partial charge in [0.2, 0.25) is 0 Å². The Bertz CT molecular complexity index is 84.3. The third-order valence-corrected chi connectivity index (χ3v) is 1.42. The molecule has 0 aliphatic heterocycles. The maximum absolute atomic E-state index is 9.93. The summed E-state index contributed by atoms with van der Waals surface area (Å²) in [4.78, 5) is 8.18. The Balaban J connectivity index is 2.83. The summed E-state index contributed by atoms with van der Waals surface area (Å²) in [5.41, 5.74) is 0. The third-order valence-electron chi connectivity index (χ3n) is 0.973. The zero-order valence-electron chi connectivity index (χ0n) is 5.59. The summed E-state index contributed by atoms with van der Waals surface area (Å²) in [5.74, 6) is 0. The molecule has 3 nitrogen and oxygen atoms in total. The van der Waals surface area contributed by atoms with Crippen LogP contribution in [0.4, 0.5) is 0 Å². The summed E-state index contributed by atoms with van der Waals surface area (Å²) in [6.45, 7) is 2.49. The Morgan fingerprint density at radius 2 is 2.22 bits per heavy atom. The molecule has 1 N–H and O–H groups in total. The lowest BCUT2D eigenvalue weighted by Gasteiger charge is -1.96. The van der Waals surface area contributed by atoms with E-state index in [1.807, 2.05) is 0 Å². The minimum atomic E-state index is -2.67. The van der Waals surface area contributed by atoms with E-state index in [9.17, 15) is 4.46 Å². The van der Waals surface area contributed by atoms with E-state index in [0.717, 1.165) is 19.3 Å². The number of hydrogen-bond acceptors (Lipinski definition) is 2. The van der Waals surface area contributed by atoms with Crippen LogP contribution in [0.15, 0.2) is 0 Å². The second-order valence-corrected chi connectivity index (χ2v) is 2.64. The molecule has 0 fully saturated rings. The van der Waals surface area contributed by atoms with Crippen molar-refractivity contribution < 1.29 is 13.7 Å². The molecule has 0 aromatic heterocycles. The van der Waals surface area contributed by atoms with Crippen LogP contribution in [0.3, 0.4) is 0 Å².